The Hall–Kier alpha value is -2.93. The van der Waals surface area contributed by atoms with Gasteiger partial charge < -0.3 is 9.84 Å². The van der Waals surface area contributed by atoms with E-state index in [0.29, 0.717) is 11.1 Å². The van der Waals surface area contributed by atoms with Crippen LogP contribution in [0, 0.1) is 0 Å². The summed E-state index contributed by atoms with van der Waals surface area (Å²) < 4.78 is 34.4. The summed E-state index contributed by atoms with van der Waals surface area (Å²) in [6, 6.07) is 11.3. The van der Waals surface area contributed by atoms with Gasteiger partial charge in [0.1, 0.15) is 17.3 Å². The van der Waals surface area contributed by atoms with Crippen LogP contribution in [-0.2, 0) is 10.0 Å². The molecule has 1 N–H and O–H groups in total. The van der Waals surface area contributed by atoms with Crippen molar-refractivity contribution in [2.75, 3.05) is 6.61 Å². The number of carboxylic acids is 1. The number of aromatic carboxylic acids is 1. The molecule has 0 aromatic heterocycles. The number of nitrogens with zero attached hydrogens (tertiary/aromatic N) is 1. The third kappa shape index (κ3) is 3.18. The quantitative estimate of drug-likeness (QED) is 0.831. The Kier molecular flexibility index (Phi) is 4.41. The van der Waals surface area contributed by atoms with Gasteiger partial charge >= 0.3 is 5.97 Å². The molecule has 0 fully saturated rings. The van der Waals surface area contributed by atoms with E-state index in [4.69, 9.17) is 4.74 Å². The summed E-state index contributed by atoms with van der Waals surface area (Å²) in [6.07, 6.45) is 3.52. The molecule has 2 aromatic rings. The van der Waals surface area contributed by atoms with E-state index in [0.717, 1.165) is 6.07 Å². The number of rotatable bonds is 5. The molecule has 0 radical (unpaired) electrons. The van der Waals surface area contributed by atoms with Crippen LogP contribution >= 0.6 is 0 Å². The monoisotopic (exact) mass is 357 g/mol. The largest absolute Gasteiger partial charge is 0.489 e. The molecule has 7 heteroatoms. The predicted molar refractivity (Wildman–Crippen MR) is 93.0 cm³/mol. The summed E-state index contributed by atoms with van der Waals surface area (Å²) in [5.74, 6) is -1.06. The molecule has 1 aliphatic heterocycles. The van der Waals surface area contributed by atoms with Crippen LogP contribution in [0.15, 0.2) is 63.9 Å². The second-order valence-electron chi connectivity index (χ2n) is 5.31. The first-order chi connectivity index (χ1) is 11.9. The molecular weight excluding hydrogens is 342 g/mol. The van der Waals surface area contributed by atoms with Gasteiger partial charge in [0.25, 0.3) is 10.0 Å². The van der Waals surface area contributed by atoms with Crippen LogP contribution in [0.4, 0.5) is 0 Å². The fourth-order valence-electron chi connectivity index (χ4n) is 2.51. The number of fused-ring (bicyclic) bond motifs is 1. The van der Waals surface area contributed by atoms with Gasteiger partial charge in [-0.1, -0.05) is 42.5 Å². The summed E-state index contributed by atoms with van der Waals surface area (Å²) in [4.78, 5) is 11.2. The molecule has 0 saturated carbocycles. The number of carboxylic acid groups (broad SMARTS) is 1. The van der Waals surface area contributed by atoms with Gasteiger partial charge in [-0.15, -0.1) is 0 Å². The third-order valence-electron chi connectivity index (χ3n) is 3.66. The lowest BCUT2D eigenvalue weighted by molar-refractivity contribution is 0.0696. The molecule has 2 aromatic carbocycles. The van der Waals surface area contributed by atoms with Crippen molar-refractivity contribution in [3.63, 3.8) is 0 Å². The number of carbonyl (C=O) groups is 1. The number of benzene rings is 2. The highest BCUT2D eigenvalue weighted by molar-refractivity contribution is 7.90. The summed E-state index contributed by atoms with van der Waals surface area (Å²) >= 11 is 0. The molecule has 0 aliphatic carbocycles. The highest BCUT2D eigenvalue weighted by Crippen LogP contribution is 2.37. The number of hydrogen-bond acceptors (Lipinski definition) is 4. The standard InChI is InChI=1S/C18H15NO5S/c1-2-3-9-24-14-10-13(18(20)21)11-15-16(14)17(19-25(15,22)23)12-7-5-4-6-8-12/h2-8,10-11H,9H2,1H3,(H,20,21). The lowest BCUT2D eigenvalue weighted by atomic mass is 10.00. The Morgan fingerprint density at radius 3 is 2.60 bits per heavy atom. The molecule has 1 aliphatic rings. The fourth-order valence-corrected chi connectivity index (χ4v) is 3.77. The molecule has 25 heavy (non-hydrogen) atoms. The highest BCUT2D eigenvalue weighted by Gasteiger charge is 2.34. The van der Waals surface area contributed by atoms with E-state index in [2.05, 4.69) is 4.40 Å². The second kappa shape index (κ2) is 6.52. The lowest BCUT2D eigenvalue weighted by Gasteiger charge is -2.12. The Labute approximate surface area is 145 Å². The van der Waals surface area contributed by atoms with Gasteiger partial charge in [0.15, 0.2) is 0 Å². The minimum absolute atomic E-state index is 0.151. The highest BCUT2D eigenvalue weighted by atomic mass is 32.2. The van der Waals surface area contributed by atoms with Crippen LogP contribution in [0.3, 0.4) is 0 Å². The predicted octanol–water partition coefficient (Wildman–Crippen LogP) is 2.88. The van der Waals surface area contributed by atoms with Crippen LogP contribution < -0.4 is 4.74 Å². The molecular formula is C18H15NO5S. The molecule has 0 unspecified atom stereocenters. The van der Waals surface area contributed by atoms with Crippen LogP contribution in [0.5, 0.6) is 5.75 Å². The first-order valence-electron chi connectivity index (χ1n) is 7.50. The summed E-state index contributed by atoms with van der Waals surface area (Å²) in [5, 5.41) is 9.26. The van der Waals surface area contributed by atoms with Gasteiger partial charge in [0.2, 0.25) is 0 Å². The topological polar surface area (TPSA) is 93.0 Å². The molecule has 0 bridgehead atoms. The minimum atomic E-state index is -3.99. The van der Waals surface area contributed by atoms with E-state index in [-0.39, 0.29) is 28.5 Å². The van der Waals surface area contributed by atoms with Crippen molar-refractivity contribution >= 4 is 21.7 Å². The van der Waals surface area contributed by atoms with Gasteiger partial charge in [-0.05, 0) is 19.1 Å². The molecule has 0 amide bonds. The molecule has 0 spiro atoms. The van der Waals surface area contributed by atoms with Gasteiger partial charge in [0, 0.05) is 5.56 Å². The molecule has 128 valence electrons. The van der Waals surface area contributed by atoms with Crippen molar-refractivity contribution in [1.82, 2.24) is 0 Å². The second-order valence-corrected chi connectivity index (χ2v) is 6.89. The minimum Gasteiger partial charge on any atom is -0.489 e. The van der Waals surface area contributed by atoms with Crippen LogP contribution in [0.25, 0.3) is 0 Å². The zero-order valence-corrected chi connectivity index (χ0v) is 14.2. The maximum absolute atomic E-state index is 12.4. The fraction of sp³-hybridized carbons (Fsp3) is 0.111. The molecule has 6 nitrogen and oxygen atoms in total. The smallest absolute Gasteiger partial charge is 0.335 e. The van der Waals surface area contributed by atoms with E-state index < -0.39 is 16.0 Å². The zero-order valence-electron chi connectivity index (χ0n) is 13.3. The van der Waals surface area contributed by atoms with E-state index in [9.17, 15) is 18.3 Å². The van der Waals surface area contributed by atoms with E-state index in [1.54, 1.807) is 36.4 Å². The normalized spacial score (nSPS) is 15.0. The van der Waals surface area contributed by atoms with Gasteiger partial charge in [-0.25, -0.2) is 4.79 Å². The third-order valence-corrected chi connectivity index (χ3v) is 4.96. The first kappa shape index (κ1) is 16.9. The Morgan fingerprint density at radius 1 is 1.24 bits per heavy atom. The van der Waals surface area contributed by atoms with Crippen molar-refractivity contribution in [2.24, 2.45) is 4.40 Å². The zero-order chi connectivity index (χ0) is 18.0. The number of sulfonamides is 1. The Bertz CT molecular complexity index is 992. The first-order valence-corrected chi connectivity index (χ1v) is 8.94. The van der Waals surface area contributed by atoms with Crippen molar-refractivity contribution in [2.45, 2.75) is 11.8 Å². The Morgan fingerprint density at radius 2 is 1.96 bits per heavy atom. The maximum atomic E-state index is 12.4. The average molecular weight is 357 g/mol. The summed E-state index contributed by atoms with van der Waals surface area (Å²) in [5.41, 5.74) is 0.995. The molecule has 0 atom stereocenters. The summed E-state index contributed by atoms with van der Waals surface area (Å²) in [7, 11) is -3.99. The SMILES string of the molecule is CC=CCOc1cc(C(=O)O)cc2c1C(c1ccccc1)=NS2(=O)=O. The molecule has 1 heterocycles. The maximum Gasteiger partial charge on any atom is 0.335 e. The van der Waals surface area contributed by atoms with Crippen molar-refractivity contribution < 1.29 is 23.1 Å². The number of hydrogen-bond donors (Lipinski definition) is 1. The van der Waals surface area contributed by atoms with Gasteiger partial charge in [-0.3, -0.25) is 0 Å². The summed E-state index contributed by atoms with van der Waals surface area (Å²) in [6.45, 7) is 2.01. The van der Waals surface area contributed by atoms with Crippen LogP contribution in [0.1, 0.15) is 28.4 Å². The van der Waals surface area contributed by atoms with Crippen molar-refractivity contribution in [3.8, 4) is 5.75 Å². The van der Waals surface area contributed by atoms with E-state index >= 15 is 0 Å². The average Bonchev–Trinajstić information content (AvgIpc) is 2.87. The van der Waals surface area contributed by atoms with Crippen molar-refractivity contribution in [1.29, 1.82) is 0 Å². The Balaban J connectivity index is 2.24. The van der Waals surface area contributed by atoms with Gasteiger partial charge in [0.05, 0.1) is 16.8 Å². The van der Waals surface area contributed by atoms with Gasteiger partial charge in [-0.2, -0.15) is 12.8 Å². The van der Waals surface area contributed by atoms with Crippen molar-refractivity contribution in [3.05, 3.63) is 71.3 Å². The van der Waals surface area contributed by atoms with Crippen LogP contribution in [0.2, 0.25) is 0 Å². The molecule has 3 rings (SSSR count). The number of allylic oxidation sites excluding steroid dienone is 1. The van der Waals surface area contributed by atoms with Crippen LogP contribution in [-0.4, -0.2) is 31.8 Å². The molecule has 0 saturated heterocycles. The van der Waals surface area contributed by atoms with E-state index in [1.165, 1.54) is 6.07 Å². The van der Waals surface area contributed by atoms with E-state index in [1.807, 2.05) is 13.0 Å². The number of ether oxygens (including phenoxy) is 1. The lowest BCUT2D eigenvalue weighted by Crippen LogP contribution is -2.08.